The number of nitro groups is 2. The van der Waals surface area contributed by atoms with Crippen molar-refractivity contribution in [1.82, 2.24) is 0 Å². The van der Waals surface area contributed by atoms with Gasteiger partial charge in [-0.25, -0.2) is 0 Å². The number of anilines is 1. The van der Waals surface area contributed by atoms with E-state index in [0.717, 1.165) is 29.9 Å². The van der Waals surface area contributed by atoms with Gasteiger partial charge in [0.25, 0.3) is 5.69 Å². The number of hydrazone groups is 1. The second-order valence-corrected chi connectivity index (χ2v) is 5.77. The lowest BCUT2D eigenvalue weighted by molar-refractivity contribution is -0.393. The zero-order valence-corrected chi connectivity index (χ0v) is 13.7. The Balaban J connectivity index is 2.07. The Kier molecular flexibility index (Phi) is 5.99. The zero-order valence-electron chi connectivity index (χ0n) is 12.1. The van der Waals surface area contributed by atoms with Gasteiger partial charge in [0.2, 0.25) is 0 Å². The summed E-state index contributed by atoms with van der Waals surface area (Å²) in [5.41, 5.74) is 2.75. The van der Waals surface area contributed by atoms with Crippen molar-refractivity contribution in [1.29, 1.82) is 0 Å². The Morgan fingerprint density at radius 1 is 1.35 bits per heavy atom. The van der Waals surface area contributed by atoms with E-state index in [1.807, 2.05) is 0 Å². The van der Waals surface area contributed by atoms with Gasteiger partial charge in [-0.3, -0.25) is 25.7 Å². The molecule has 1 heterocycles. The van der Waals surface area contributed by atoms with Crippen LogP contribution < -0.4 is 5.43 Å². The lowest BCUT2D eigenvalue weighted by atomic mass is 10.1. The third-order valence-electron chi connectivity index (χ3n) is 3.33. The van der Waals surface area contributed by atoms with E-state index < -0.39 is 15.5 Å². The van der Waals surface area contributed by atoms with Gasteiger partial charge in [0.05, 0.1) is 34.3 Å². The smallest absolute Gasteiger partial charge is 0.301 e. The van der Waals surface area contributed by atoms with E-state index in [-0.39, 0.29) is 17.5 Å². The van der Waals surface area contributed by atoms with Crippen molar-refractivity contribution in [3.63, 3.8) is 0 Å². The molecule has 9 nitrogen and oxygen atoms in total. The predicted octanol–water partition coefficient (Wildman–Crippen LogP) is 3.23. The molecule has 1 aliphatic heterocycles. The summed E-state index contributed by atoms with van der Waals surface area (Å²) in [5, 5.41) is 26.8. The van der Waals surface area contributed by atoms with Crippen LogP contribution in [-0.4, -0.2) is 33.6 Å². The Bertz CT molecular complexity index is 637. The van der Waals surface area contributed by atoms with Crippen LogP contribution in [0.15, 0.2) is 23.3 Å². The monoisotopic (exact) mass is 386 g/mol. The second kappa shape index (κ2) is 7.97. The maximum absolute atomic E-state index is 11.0. The molecule has 23 heavy (non-hydrogen) atoms. The molecule has 1 aliphatic rings. The maximum atomic E-state index is 11.0. The summed E-state index contributed by atoms with van der Waals surface area (Å²) in [6.45, 7) is 0.376. The molecule has 10 heteroatoms. The molecular weight excluding hydrogens is 372 g/mol. The van der Waals surface area contributed by atoms with Gasteiger partial charge in [-0.2, -0.15) is 5.10 Å². The summed E-state index contributed by atoms with van der Waals surface area (Å²) in [4.78, 5) is 20.4. The molecule has 2 rings (SSSR count). The lowest BCUT2D eigenvalue weighted by Crippen LogP contribution is -2.05. The third kappa shape index (κ3) is 4.70. The van der Waals surface area contributed by atoms with Gasteiger partial charge in [-0.1, -0.05) is 15.9 Å². The van der Waals surface area contributed by atoms with Crippen LogP contribution in [0.4, 0.5) is 17.1 Å². The number of nitrogens with one attached hydrogen (secondary N) is 1. The first-order valence-electron chi connectivity index (χ1n) is 6.93. The van der Waals surface area contributed by atoms with Gasteiger partial charge in [-0.05, 0) is 18.9 Å². The van der Waals surface area contributed by atoms with Gasteiger partial charge in [0.1, 0.15) is 5.69 Å². The number of ether oxygens (including phenoxy) is 1. The molecule has 1 saturated heterocycles. The van der Waals surface area contributed by atoms with Gasteiger partial charge in [0.15, 0.2) is 0 Å². The van der Waals surface area contributed by atoms with Crippen LogP contribution in [0.25, 0.3) is 0 Å². The van der Waals surface area contributed by atoms with E-state index in [9.17, 15) is 20.2 Å². The minimum Gasteiger partial charge on any atom is -0.372 e. The SMILES string of the molecule is O=[N+]([O-])c1ccc(N/N=C2/CO[C@@H](CCCBr)C2)c([N+](=O)[O-])c1. The Labute approximate surface area is 140 Å². The summed E-state index contributed by atoms with van der Waals surface area (Å²) < 4.78 is 5.57. The molecule has 0 aliphatic carbocycles. The number of rotatable bonds is 7. The third-order valence-corrected chi connectivity index (χ3v) is 3.89. The summed E-state index contributed by atoms with van der Waals surface area (Å²) in [6, 6.07) is 3.38. The number of nitro benzene ring substituents is 2. The average molecular weight is 387 g/mol. The van der Waals surface area contributed by atoms with Crippen LogP contribution >= 0.6 is 15.9 Å². The Hall–Kier alpha value is -2.07. The van der Waals surface area contributed by atoms with Gasteiger partial charge in [-0.15, -0.1) is 0 Å². The molecule has 1 fully saturated rings. The van der Waals surface area contributed by atoms with Crippen LogP contribution in [0.3, 0.4) is 0 Å². The first-order chi connectivity index (χ1) is 11.0. The molecule has 1 aromatic carbocycles. The quantitative estimate of drug-likeness (QED) is 0.436. The first-order valence-corrected chi connectivity index (χ1v) is 8.05. The maximum Gasteiger partial charge on any atom is 0.301 e. The molecule has 1 atom stereocenters. The number of non-ortho nitro benzene ring substituents is 1. The highest BCUT2D eigenvalue weighted by molar-refractivity contribution is 9.09. The standard InChI is InChI=1S/C13H15BrN4O5/c14-5-1-2-11-6-9(8-23-11)15-16-12-4-3-10(17(19)20)7-13(12)18(21)22/h3-4,7,11,16H,1-2,5-6,8H2/b15-9+/t11-/m0/s1. The van der Waals surface area contributed by atoms with Crippen LogP contribution in [0.5, 0.6) is 0 Å². The zero-order chi connectivity index (χ0) is 16.8. The van der Waals surface area contributed by atoms with Gasteiger partial charge in [0, 0.05) is 17.8 Å². The molecule has 0 bridgehead atoms. The van der Waals surface area contributed by atoms with Crippen molar-refractivity contribution in [2.75, 3.05) is 17.4 Å². The second-order valence-electron chi connectivity index (χ2n) is 4.97. The van der Waals surface area contributed by atoms with E-state index >= 15 is 0 Å². The largest absolute Gasteiger partial charge is 0.372 e. The van der Waals surface area contributed by atoms with Crippen molar-refractivity contribution in [3.05, 3.63) is 38.4 Å². The van der Waals surface area contributed by atoms with Crippen LogP contribution in [0.2, 0.25) is 0 Å². The van der Waals surface area contributed by atoms with E-state index in [2.05, 4.69) is 26.5 Å². The topological polar surface area (TPSA) is 120 Å². The van der Waals surface area contributed by atoms with E-state index in [0.29, 0.717) is 13.0 Å². The molecule has 0 unspecified atom stereocenters. The van der Waals surface area contributed by atoms with Crippen molar-refractivity contribution >= 4 is 38.7 Å². The molecule has 0 aromatic heterocycles. The molecular formula is C13H15BrN4O5. The summed E-state index contributed by atoms with van der Waals surface area (Å²) in [6.07, 6.45) is 2.70. The Morgan fingerprint density at radius 3 is 2.78 bits per heavy atom. The molecule has 0 spiro atoms. The molecule has 0 amide bonds. The molecule has 0 saturated carbocycles. The number of benzene rings is 1. The van der Waals surface area contributed by atoms with Crippen molar-refractivity contribution in [2.24, 2.45) is 5.10 Å². The van der Waals surface area contributed by atoms with Crippen LogP contribution in [0.1, 0.15) is 19.3 Å². The number of halogens is 1. The van der Waals surface area contributed by atoms with E-state index in [1.165, 1.54) is 12.1 Å². The Morgan fingerprint density at radius 2 is 2.13 bits per heavy atom. The van der Waals surface area contributed by atoms with Gasteiger partial charge < -0.3 is 4.74 Å². The lowest BCUT2D eigenvalue weighted by Gasteiger charge is -2.05. The predicted molar refractivity (Wildman–Crippen MR) is 88.2 cm³/mol. The van der Waals surface area contributed by atoms with Gasteiger partial charge >= 0.3 is 5.69 Å². The molecule has 1 N–H and O–H groups in total. The fraction of sp³-hybridized carbons (Fsp3) is 0.462. The fourth-order valence-corrected chi connectivity index (χ4v) is 2.51. The van der Waals surface area contributed by atoms with E-state index in [4.69, 9.17) is 4.74 Å². The molecule has 0 radical (unpaired) electrons. The molecule has 124 valence electrons. The van der Waals surface area contributed by atoms with Crippen LogP contribution in [0, 0.1) is 20.2 Å². The van der Waals surface area contributed by atoms with Crippen molar-refractivity contribution < 1.29 is 14.6 Å². The minimum atomic E-state index is -0.681. The number of hydrogen-bond acceptors (Lipinski definition) is 7. The number of alkyl halides is 1. The fourth-order valence-electron chi connectivity index (χ4n) is 2.18. The normalized spacial score (nSPS) is 19.0. The van der Waals surface area contributed by atoms with E-state index in [1.54, 1.807) is 0 Å². The van der Waals surface area contributed by atoms with Crippen molar-refractivity contribution in [2.45, 2.75) is 25.4 Å². The van der Waals surface area contributed by atoms with Crippen LogP contribution in [-0.2, 0) is 4.74 Å². The van der Waals surface area contributed by atoms with Crippen molar-refractivity contribution in [3.8, 4) is 0 Å². The minimum absolute atomic E-state index is 0.108. The summed E-state index contributed by atoms with van der Waals surface area (Å²) in [5.74, 6) is 0. The number of hydrogen-bond donors (Lipinski definition) is 1. The summed E-state index contributed by atoms with van der Waals surface area (Å²) >= 11 is 3.36. The number of nitrogens with zero attached hydrogens (tertiary/aromatic N) is 3. The highest BCUT2D eigenvalue weighted by Crippen LogP contribution is 2.29. The highest BCUT2D eigenvalue weighted by atomic mass is 79.9. The summed E-state index contributed by atoms with van der Waals surface area (Å²) in [7, 11) is 0. The highest BCUT2D eigenvalue weighted by Gasteiger charge is 2.22. The first kappa shape index (κ1) is 17.3. The average Bonchev–Trinajstić information content (AvgIpc) is 2.98. The molecule has 1 aromatic rings.